The lowest BCUT2D eigenvalue weighted by Crippen LogP contribution is -2.49. The molecule has 0 spiro atoms. The summed E-state index contributed by atoms with van der Waals surface area (Å²) >= 11 is -1.08. The van der Waals surface area contributed by atoms with Crippen molar-refractivity contribution >= 4 is 19.7 Å². The van der Waals surface area contributed by atoms with Gasteiger partial charge in [-0.15, -0.1) is 11.3 Å². The molecular formula is C15H33NO2SSi. The van der Waals surface area contributed by atoms with Crippen LogP contribution in [0.25, 0.3) is 0 Å². The molecule has 0 fully saturated rings. The molecule has 3 nitrogen and oxygen atoms in total. The minimum absolute atomic E-state index is 0.0571. The van der Waals surface area contributed by atoms with E-state index in [0.29, 0.717) is 6.61 Å². The summed E-state index contributed by atoms with van der Waals surface area (Å²) in [7, 11) is -1.77. The molecule has 0 aliphatic rings. The molecule has 0 heterocycles. The van der Waals surface area contributed by atoms with Crippen molar-refractivity contribution in [1.29, 1.82) is 0 Å². The van der Waals surface area contributed by atoms with Crippen LogP contribution in [0.2, 0.25) is 18.1 Å². The maximum Gasteiger partial charge on any atom is 0.192 e. The van der Waals surface area contributed by atoms with Gasteiger partial charge in [0.05, 0.1) is 12.6 Å². The fourth-order valence-corrected chi connectivity index (χ4v) is 3.08. The second-order valence-electron chi connectivity index (χ2n) is 7.79. The van der Waals surface area contributed by atoms with E-state index >= 15 is 0 Å². The summed E-state index contributed by atoms with van der Waals surface area (Å²) in [5.74, 6) is 0. The molecule has 0 saturated carbocycles. The molecular weight excluding hydrogens is 286 g/mol. The van der Waals surface area contributed by atoms with Gasteiger partial charge in [-0.25, -0.2) is 0 Å². The van der Waals surface area contributed by atoms with Gasteiger partial charge in [0.1, 0.15) is 4.75 Å². The number of nitrogens with one attached hydrogen (secondary N) is 1. The van der Waals surface area contributed by atoms with Crippen LogP contribution in [0.1, 0.15) is 48.0 Å². The molecule has 0 aromatic heterocycles. The summed E-state index contributed by atoms with van der Waals surface area (Å²) in [6.45, 7) is 21.4. The summed E-state index contributed by atoms with van der Waals surface area (Å²) in [4.78, 5) is 0. The predicted octanol–water partition coefficient (Wildman–Crippen LogP) is 4.00. The zero-order valence-electron chi connectivity index (χ0n) is 14.5. The van der Waals surface area contributed by atoms with Crippen LogP contribution < -0.4 is 4.72 Å². The van der Waals surface area contributed by atoms with Crippen molar-refractivity contribution in [2.75, 3.05) is 6.61 Å². The average Bonchev–Trinajstić information content (AvgIpc) is 2.23. The third-order valence-electron chi connectivity index (χ3n) is 3.73. The van der Waals surface area contributed by atoms with Crippen LogP contribution in [0.5, 0.6) is 0 Å². The highest BCUT2D eigenvalue weighted by atomic mass is 32.2. The summed E-state index contributed by atoms with van der Waals surface area (Å²) in [6, 6.07) is 0.0571. The minimum atomic E-state index is -1.77. The van der Waals surface area contributed by atoms with Gasteiger partial charge in [0.2, 0.25) is 0 Å². The molecule has 0 aromatic carbocycles. The standard InChI is InChI=1S/C15H33NO2SSi/c1-10-11-13(16-19(17)14(2,3)4)12-18-20(8,9)15(5,6)7/h10,13,16H,1,11-12H2,2-9H3. The molecule has 1 N–H and O–H groups in total. The van der Waals surface area contributed by atoms with Crippen LogP contribution in [0.4, 0.5) is 0 Å². The second-order valence-corrected chi connectivity index (χ2v) is 14.6. The molecule has 0 bridgehead atoms. The maximum absolute atomic E-state index is 12.2. The molecule has 20 heavy (non-hydrogen) atoms. The van der Waals surface area contributed by atoms with E-state index in [9.17, 15) is 4.55 Å². The zero-order chi connectivity index (χ0) is 16.2. The van der Waals surface area contributed by atoms with Crippen LogP contribution in [-0.2, 0) is 15.8 Å². The molecule has 5 heteroatoms. The van der Waals surface area contributed by atoms with Crippen molar-refractivity contribution in [1.82, 2.24) is 4.72 Å². The minimum Gasteiger partial charge on any atom is -0.598 e. The predicted molar refractivity (Wildman–Crippen MR) is 92.8 cm³/mol. The summed E-state index contributed by atoms with van der Waals surface area (Å²) < 4.78 is 21.3. The Hall–Kier alpha value is 0.187. The molecule has 120 valence electrons. The largest absolute Gasteiger partial charge is 0.598 e. The first-order valence-corrected chi connectivity index (χ1v) is 11.3. The topological polar surface area (TPSA) is 44.3 Å². The lowest BCUT2D eigenvalue weighted by atomic mass is 10.2. The number of hydrogen-bond acceptors (Lipinski definition) is 3. The van der Waals surface area contributed by atoms with Gasteiger partial charge in [0.15, 0.2) is 8.32 Å². The Morgan fingerprint density at radius 2 is 1.75 bits per heavy atom. The first kappa shape index (κ1) is 20.2. The van der Waals surface area contributed by atoms with Gasteiger partial charge in [-0.3, -0.25) is 0 Å². The molecule has 2 atom stereocenters. The van der Waals surface area contributed by atoms with Crippen molar-refractivity contribution in [2.45, 2.75) is 76.9 Å². The highest BCUT2D eigenvalue weighted by molar-refractivity contribution is 7.90. The van der Waals surface area contributed by atoms with Gasteiger partial charge in [-0.1, -0.05) is 26.8 Å². The summed E-state index contributed by atoms with van der Waals surface area (Å²) in [6.07, 6.45) is 2.61. The molecule has 0 rings (SSSR count). The third kappa shape index (κ3) is 6.76. The van der Waals surface area contributed by atoms with E-state index < -0.39 is 19.7 Å². The third-order valence-corrected chi connectivity index (χ3v) is 9.89. The molecule has 0 aliphatic heterocycles. The van der Waals surface area contributed by atoms with Crippen LogP contribution in [0.3, 0.4) is 0 Å². The van der Waals surface area contributed by atoms with E-state index in [1.54, 1.807) is 0 Å². The van der Waals surface area contributed by atoms with Gasteiger partial charge in [0, 0.05) is 11.4 Å². The Morgan fingerprint density at radius 1 is 1.25 bits per heavy atom. The van der Waals surface area contributed by atoms with Gasteiger partial charge in [-0.2, -0.15) is 0 Å². The molecule has 0 saturated heterocycles. The first-order chi connectivity index (χ1) is 8.81. The van der Waals surface area contributed by atoms with Crippen LogP contribution in [-0.4, -0.2) is 30.3 Å². The quantitative estimate of drug-likeness (QED) is 0.438. The molecule has 0 radical (unpaired) electrons. The Kier molecular flexibility index (Phi) is 7.52. The average molecular weight is 320 g/mol. The first-order valence-electron chi connectivity index (χ1n) is 7.24. The van der Waals surface area contributed by atoms with Crippen molar-refractivity contribution < 1.29 is 8.98 Å². The van der Waals surface area contributed by atoms with E-state index in [1.165, 1.54) is 0 Å². The lowest BCUT2D eigenvalue weighted by molar-refractivity contribution is 0.255. The van der Waals surface area contributed by atoms with E-state index in [2.05, 4.69) is 45.2 Å². The zero-order valence-corrected chi connectivity index (χ0v) is 16.3. The smallest absolute Gasteiger partial charge is 0.192 e. The molecule has 2 unspecified atom stereocenters. The van der Waals surface area contributed by atoms with Crippen LogP contribution in [0, 0.1) is 0 Å². The van der Waals surface area contributed by atoms with Gasteiger partial charge >= 0.3 is 0 Å². The highest BCUT2D eigenvalue weighted by Gasteiger charge is 2.38. The Balaban J connectivity index is 4.61. The van der Waals surface area contributed by atoms with Crippen molar-refractivity contribution in [3.05, 3.63) is 12.7 Å². The van der Waals surface area contributed by atoms with E-state index in [4.69, 9.17) is 4.43 Å². The van der Waals surface area contributed by atoms with E-state index in [1.807, 2.05) is 26.8 Å². The Labute approximate surface area is 130 Å². The van der Waals surface area contributed by atoms with Gasteiger partial charge in [-0.05, 0) is 45.3 Å². The molecule has 0 aliphatic carbocycles. The van der Waals surface area contributed by atoms with Gasteiger partial charge < -0.3 is 8.98 Å². The van der Waals surface area contributed by atoms with Gasteiger partial charge in [0.25, 0.3) is 0 Å². The van der Waals surface area contributed by atoms with Crippen molar-refractivity contribution in [3.8, 4) is 0 Å². The fraction of sp³-hybridized carbons (Fsp3) is 0.867. The van der Waals surface area contributed by atoms with E-state index in [-0.39, 0.29) is 15.8 Å². The lowest BCUT2D eigenvalue weighted by Gasteiger charge is -2.37. The van der Waals surface area contributed by atoms with E-state index in [0.717, 1.165) is 6.42 Å². The monoisotopic (exact) mass is 319 g/mol. The summed E-state index contributed by atoms with van der Waals surface area (Å²) in [5, 5.41) is 0.189. The van der Waals surface area contributed by atoms with Crippen LogP contribution in [0.15, 0.2) is 12.7 Å². The van der Waals surface area contributed by atoms with Crippen molar-refractivity contribution in [3.63, 3.8) is 0 Å². The molecule has 0 aromatic rings. The number of hydrogen-bond donors (Lipinski definition) is 1. The Bertz CT molecular complexity index is 308. The summed E-state index contributed by atoms with van der Waals surface area (Å²) in [5.41, 5.74) is 0. The SMILES string of the molecule is C=CCC(CO[Si](C)(C)C(C)(C)C)N[S+]([O-])C(C)(C)C. The normalized spacial score (nSPS) is 16.9. The molecule has 0 amide bonds. The van der Waals surface area contributed by atoms with Crippen LogP contribution >= 0.6 is 0 Å². The Morgan fingerprint density at radius 3 is 2.10 bits per heavy atom. The fourth-order valence-electron chi connectivity index (χ4n) is 1.20. The number of rotatable bonds is 7. The highest BCUT2D eigenvalue weighted by Crippen LogP contribution is 2.36. The maximum atomic E-state index is 12.2. The van der Waals surface area contributed by atoms with Crippen molar-refractivity contribution in [2.24, 2.45) is 0 Å². The second kappa shape index (κ2) is 7.45.